The van der Waals surface area contributed by atoms with Crippen LogP contribution in [0.5, 0.6) is 0 Å². The molecule has 2 N–H and O–H groups in total. The molecule has 0 saturated carbocycles. The van der Waals surface area contributed by atoms with Crippen molar-refractivity contribution in [2.24, 2.45) is 0 Å². The maximum Gasteiger partial charge on any atom is 0.252 e. The first kappa shape index (κ1) is 27.3. The number of hydrogen-bond donors (Lipinski definition) is 2. The summed E-state index contributed by atoms with van der Waals surface area (Å²) in [6.45, 7) is 5.93. The van der Waals surface area contributed by atoms with E-state index in [1.54, 1.807) is 46.8 Å². The second-order valence-corrected chi connectivity index (χ2v) is 11.4. The number of nitrogens with one attached hydrogen (secondary N) is 2. The Bertz CT molecular complexity index is 1020. The van der Waals surface area contributed by atoms with Crippen LogP contribution in [0.4, 0.5) is 0 Å². The standard InChI is InChI=1S/C21H28ClN3O3S2.C2H3N/c1-2-3-12-23-18-10-13-25(14-11-18)30(27,28)20-9-8-19(29-20)15-24-21(26)16-4-6-17(22)7-5-16;1-2-3/h4-9,18,23H,2-3,10-15H2,1H3,(H,24,26);1H3. The van der Waals surface area contributed by atoms with Crippen molar-refractivity contribution in [2.75, 3.05) is 19.6 Å². The number of nitrogens with zero attached hydrogens (tertiary/aromatic N) is 2. The smallest absolute Gasteiger partial charge is 0.252 e. The van der Waals surface area contributed by atoms with Crippen LogP contribution >= 0.6 is 22.9 Å². The molecule has 2 heterocycles. The zero-order valence-electron chi connectivity index (χ0n) is 19.0. The van der Waals surface area contributed by atoms with Gasteiger partial charge in [-0.15, -0.1) is 11.3 Å². The highest BCUT2D eigenvalue weighted by Crippen LogP contribution is 2.27. The number of thiophene rings is 1. The van der Waals surface area contributed by atoms with Crippen LogP contribution in [0, 0.1) is 11.3 Å². The lowest BCUT2D eigenvalue weighted by Gasteiger charge is -2.31. The lowest BCUT2D eigenvalue weighted by Crippen LogP contribution is -2.44. The number of amides is 1. The Morgan fingerprint density at radius 3 is 2.45 bits per heavy atom. The number of rotatable bonds is 9. The molecule has 1 aromatic heterocycles. The van der Waals surface area contributed by atoms with Crippen LogP contribution in [0.1, 0.15) is 54.8 Å². The predicted molar refractivity (Wildman–Crippen MR) is 133 cm³/mol. The van der Waals surface area contributed by atoms with Crippen molar-refractivity contribution in [2.45, 2.75) is 56.3 Å². The SMILES string of the molecule is CC#N.CCCCNC1CCN(S(=O)(=O)c2ccc(CNC(=O)c3ccc(Cl)cc3)s2)CC1. The molecule has 1 aliphatic rings. The minimum Gasteiger partial charge on any atom is -0.347 e. The monoisotopic (exact) mass is 510 g/mol. The van der Waals surface area contributed by atoms with E-state index < -0.39 is 10.0 Å². The molecule has 0 spiro atoms. The summed E-state index contributed by atoms with van der Waals surface area (Å²) in [7, 11) is -3.49. The summed E-state index contributed by atoms with van der Waals surface area (Å²) in [5, 5.41) is 14.2. The second kappa shape index (κ2) is 13.7. The Morgan fingerprint density at radius 2 is 1.85 bits per heavy atom. The zero-order chi connectivity index (χ0) is 24.3. The van der Waals surface area contributed by atoms with E-state index in [9.17, 15) is 13.2 Å². The Labute approximate surface area is 205 Å². The van der Waals surface area contributed by atoms with E-state index in [0.717, 1.165) is 37.1 Å². The molecule has 0 aliphatic carbocycles. The number of halogens is 1. The Balaban J connectivity index is 0.00000122. The van der Waals surface area contributed by atoms with Gasteiger partial charge in [-0.05, 0) is 62.2 Å². The van der Waals surface area contributed by atoms with Gasteiger partial charge in [0, 0.05) is 41.5 Å². The number of piperidine rings is 1. The largest absolute Gasteiger partial charge is 0.347 e. The molecular formula is C23H31ClN4O3S2. The number of hydrogen-bond acceptors (Lipinski definition) is 6. The van der Waals surface area contributed by atoms with E-state index in [0.29, 0.717) is 33.9 Å². The Morgan fingerprint density at radius 1 is 1.21 bits per heavy atom. The number of carbonyl (C=O) groups is 1. The van der Waals surface area contributed by atoms with E-state index in [1.807, 2.05) is 0 Å². The number of sulfonamides is 1. The molecule has 1 aromatic carbocycles. The predicted octanol–water partition coefficient (Wildman–Crippen LogP) is 4.40. The van der Waals surface area contributed by atoms with Crippen LogP contribution in [-0.2, 0) is 16.6 Å². The van der Waals surface area contributed by atoms with Crippen LogP contribution in [0.2, 0.25) is 5.02 Å². The summed E-state index contributed by atoms with van der Waals surface area (Å²) in [6.07, 6.45) is 3.96. The molecular weight excluding hydrogens is 480 g/mol. The molecule has 1 fully saturated rings. The highest BCUT2D eigenvalue weighted by Gasteiger charge is 2.30. The summed E-state index contributed by atoms with van der Waals surface area (Å²) in [6, 6.07) is 12.2. The molecule has 1 saturated heterocycles. The third kappa shape index (κ3) is 8.40. The molecule has 0 atom stereocenters. The highest BCUT2D eigenvalue weighted by molar-refractivity contribution is 7.91. The minimum absolute atomic E-state index is 0.220. The average Bonchev–Trinajstić information content (AvgIpc) is 3.29. The molecule has 3 rings (SSSR count). The second-order valence-electron chi connectivity index (χ2n) is 7.62. The fraction of sp³-hybridized carbons (Fsp3) is 0.478. The van der Waals surface area contributed by atoms with Gasteiger partial charge in [0.15, 0.2) is 0 Å². The van der Waals surface area contributed by atoms with Gasteiger partial charge in [0.2, 0.25) is 0 Å². The van der Waals surface area contributed by atoms with Gasteiger partial charge >= 0.3 is 0 Å². The molecule has 0 radical (unpaired) electrons. The summed E-state index contributed by atoms with van der Waals surface area (Å²) in [4.78, 5) is 13.0. The molecule has 0 unspecified atom stereocenters. The normalized spacial score (nSPS) is 14.7. The number of carbonyl (C=O) groups excluding carboxylic acids is 1. The van der Waals surface area contributed by atoms with Gasteiger partial charge in [-0.3, -0.25) is 4.79 Å². The first-order valence-corrected chi connectivity index (χ1v) is 13.6. The van der Waals surface area contributed by atoms with Crippen molar-refractivity contribution in [1.82, 2.24) is 14.9 Å². The van der Waals surface area contributed by atoms with E-state index >= 15 is 0 Å². The lowest BCUT2D eigenvalue weighted by molar-refractivity contribution is 0.0951. The summed E-state index contributed by atoms with van der Waals surface area (Å²) < 4.78 is 27.9. The Kier molecular flexibility index (Phi) is 11.3. The van der Waals surface area contributed by atoms with Gasteiger partial charge < -0.3 is 10.6 Å². The van der Waals surface area contributed by atoms with Gasteiger partial charge in [-0.1, -0.05) is 24.9 Å². The number of benzene rings is 1. The van der Waals surface area contributed by atoms with E-state index in [4.69, 9.17) is 16.9 Å². The highest BCUT2D eigenvalue weighted by atomic mass is 35.5. The van der Waals surface area contributed by atoms with E-state index in [2.05, 4.69) is 17.6 Å². The molecule has 33 heavy (non-hydrogen) atoms. The maximum atomic E-state index is 13.0. The van der Waals surface area contributed by atoms with Crippen LogP contribution < -0.4 is 10.6 Å². The summed E-state index contributed by atoms with van der Waals surface area (Å²) in [5.41, 5.74) is 0.513. The van der Waals surface area contributed by atoms with Crippen LogP contribution in [0.3, 0.4) is 0 Å². The third-order valence-corrected chi connectivity index (χ3v) is 8.88. The quantitative estimate of drug-likeness (QED) is 0.486. The maximum absolute atomic E-state index is 13.0. The first-order chi connectivity index (χ1) is 15.8. The van der Waals surface area contributed by atoms with Crippen molar-refractivity contribution in [3.63, 3.8) is 0 Å². The fourth-order valence-electron chi connectivity index (χ4n) is 3.37. The van der Waals surface area contributed by atoms with Crippen molar-refractivity contribution in [1.29, 1.82) is 5.26 Å². The third-order valence-electron chi connectivity index (χ3n) is 5.18. The van der Waals surface area contributed by atoms with Crippen molar-refractivity contribution >= 4 is 38.9 Å². The molecule has 1 aliphatic heterocycles. The number of unbranched alkanes of at least 4 members (excludes halogenated alkanes) is 1. The molecule has 2 aromatic rings. The minimum atomic E-state index is -3.49. The molecule has 0 bridgehead atoms. The van der Waals surface area contributed by atoms with E-state index in [-0.39, 0.29) is 12.5 Å². The van der Waals surface area contributed by atoms with Crippen molar-refractivity contribution < 1.29 is 13.2 Å². The Hall–Kier alpha value is -1.96. The van der Waals surface area contributed by atoms with Gasteiger partial charge in [-0.25, -0.2) is 8.42 Å². The fourth-order valence-corrected chi connectivity index (χ4v) is 6.42. The van der Waals surface area contributed by atoms with Crippen LogP contribution in [-0.4, -0.2) is 44.3 Å². The molecule has 7 nitrogen and oxygen atoms in total. The topological polar surface area (TPSA) is 102 Å². The van der Waals surface area contributed by atoms with Crippen molar-refractivity contribution in [3.8, 4) is 6.07 Å². The van der Waals surface area contributed by atoms with Gasteiger partial charge in [0.25, 0.3) is 15.9 Å². The van der Waals surface area contributed by atoms with Crippen LogP contribution in [0.15, 0.2) is 40.6 Å². The van der Waals surface area contributed by atoms with Crippen molar-refractivity contribution in [3.05, 3.63) is 51.9 Å². The van der Waals surface area contributed by atoms with Gasteiger partial charge in [0.1, 0.15) is 4.21 Å². The van der Waals surface area contributed by atoms with E-state index in [1.165, 1.54) is 18.3 Å². The molecule has 10 heteroatoms. The van der Waals surface area contributed by atoms with Gasteiger partial charge in [0.05, 0.1) is 12.6 Å². The molecule has 1 amide bonds. The zero-order valence-corrected chi connectivity index (χ0v) is 21.4. The first-order valence-electron chi connectivity index (χ1n) is 11.0. The molecule has 180 valence electrons. The summed E-state index contributed by atoms with van der Waals surface area (Å²) in [5.74, 6) is -0.220. The number of nitriles is 1. The lowest BCUT2D eigenvalue weighted by atomic mass is 10.1. The average molecular weight is 511 g/mol. The van der Waals surface area contributed by atoms with Crippen LogP contribution in [0.25, 0.3) is 0 Å². The summed E-state index contributed by atoms with van der Waals surface area (Å²) >= 11 is 7.05. The van der Waals surface area contributed by atoms with Gasteiger partial charge in [-0.2, -0.15) is 9.57 Å².